The number of hydrogen-bond donors (Lipinski definition) is 2. The third-order valence-electron chi connectivity index (χ3n) is 3.50. The Hall–Kier alpha value is -2.96. The fraction of sp³-hybridized carbons (Fsp3) is 0.250. The van der Waals surface area contributed by atoms with E-state index in [9.17, 15) is 9.59 Å². The van der Waals surface area contributed by atoms with Gasteiger partial charge in [-0.1, -0.05) is 38.1 Å². The standard InChI is InChI=1S/C16H17N5O2/c1-9(2)15(23)17-12-8-13(22)18-16-19-14(20-21(12)16)11-7-5-4-6-10(11)3/h4-9H,1-3H3,(H,17,23)(H,18,19,20,22). The number of nitrogens with zero attached hydrogens (tertiary/aromatic N) is 3. The SMILES string of the molecule is Cc1ccccc1-c1nc2[nH]c(=O)cc(NC(=O)C(C)C)n2n1. The zero-order chi connectivity index (χ0) is 16.6. The molecule has 0 bridgehead atoms. The number of carbonyl (C=O) groups excluding carboxylic acids is 1. The van der Waals surface area contributed by atoms with Crippen molar-refractivity contribution in [2.75, 3.05) is 5.32 Å². The molecule has 0 aliphatic heterocycles. The molecule has 0 atom stereocenters. The van der Waals surface area contributed by atoms with E-state index in [0.717, 1.165) is 11.1 Å². The summed E-state index contributed by atoms with van der Waals surface area (Å²) in [7, 11) is 0. The van der Waals surface area contributed by atoms with E-state index in [1.54, 1.807) is 13.8 Å². The van der Waals surface area contributed by atoms with Crippen molar-refractivity contribution < 1.29 is 4.79 Å². The van der Waals surface area contributed by atoms with Crippen LogP contribution in [0.2, 0.25) is 0 Å². The van der Waals surface area contributed by atoms with Crippen molar-refractivity contribution in [1.29, 1.82) is 0 Å². The Balaban J connectivity index is 2.14. The lowest BCUT2D eigenvalue weighted by molar-refractivity contribution is -0.118. The topological polar surface area (TPSA) is 92.1 Å². The number of aryl methyl sites for hydroxylation is 1. The molecule has 23 heavy (non-hydrogen) atoms. The number of amides is 1. The number of aromatic amines is 1. The minimum atomic E-state index is -0.347. The minimum absolute atomic E-state index is 0.190. The van der Waals surface area contributed by atoms with Gasteiger partial charge in [0.25, 0.3) is 5.56 Å². The second kappa shape index (κ2) is 5.68. The first-order chi connectivity index (χ1) is 11.0. The van der Waals surface area contributed by atoms with Gasteiger partial charge in [0.05, 0.1) is 0 Å². The molecule has 2 aromatic heterocycles. The Morgan fingerprint density at radius 2 is 2.04 bits per heavy atom. The maximum Gasteiger partial charge on any atom is 0.254 e. The predicted molar refractivity (Wildman–Crippen MR) is 87.2 cm³/mol. The molecule has 0 aliphatic carbocycles. The summed E-state index contributed by atoms with van der Waals surface area (Å²) in [4.78, 5) is 30.7. The van der Waals surface area contributed by atoms with E-state index >= 15 is 0 Å². The average molecular weight is 311 g/mol. The van der Waals surface area contributed by atoms with Gasteiger partial charge >= 0.3 is 0 Å². The molecule has 0 saturated carbocycles. The monoisotopic (exact) mass is 311 g/mol. The number of carbonyl (C=O) groups is 1. The highest BCUT2D eigenvalue weighted by atomic mass is 16.2. The molecule has 7 heteroatoms. The highest BCUT2D eigenvalue weighted by Gasteiger charge is 2.15. The molecule has 7 nitrogen and oxygen atoms in total. The molecule has 1 amide bonds. The molecule has 3 rings (SSSR count). The first-order valence-electron chi connectivity index (χ1n) is 7.32. The fourth-order valence-electron chi connectivity index (χ4n) is 2.19. The molecule has 2 N–H and O–H groups in total. The zero-order valence-electron chi connectivity index (χ0n) is 13.1. The van der Waals surface area contributed by atoms with Crippen LogP contribution in [0.5, 0.6) is 0 Å². The van der Waals surface area contributed by atoms with E-state index in [0.29, 0.717) is 11.6 Å². The predicted octanol–water partition coefficient (Wildman–Crippen LogP) is 1.99. The summed E-state index contributed by atoms with van der Waals surface area (Å²) in [5.41, 5.74) is 1.55. The molecule has 0 saturated heterocycles. The average Bonchev–Trinajstić information content (AvgIpc) is 2.91. The summed E-state index contributed by atoms with van der Waals surface area (Å²) >= 11 is 0. The quantitative estimate of drug-likeness (QED) is 0.773. The summed E-state index contributed by atoms with van der Waals surface area (Å²) in [6.45, 7) is 5.52. The fourth-order valence-corrected chi connectivity index (χ4v) is 2.19. The molecular weight excluding hydrogens is 294 g/mol. The summed E-state index contributed by atoms with van der Waals surface area (Å²) in [5.74, 6) is 0.683. The van der Waals surface area contributed by atoms with Gasteiger partial charge in [-0.3, -0.25) is 14.6 Å². The number of nitrogens with one attached hydrogen (secondary N) is 2. The molecule has 0 fully saturated rings. The Morgan fingerprint density at radius 3 is 2.74 bits per heavy atom. The van der Waals surface area contributed by atoms with Crippen LogP contribution in [0.15, 0.2) is 35.1 Å². The van der Waals surface area contributed by atoms with Crippen molar-refractivity contribution >= 4 is 17.5 Å². The molecule has 0 aliphatic rings. The van der Waals surface area contributed by atoms with Crippen molar-refractivity contribution in [3.05, 3.63) is 46.2 Å². The Morgan fingerprint density at radius 1 is 1.30 bits per heavy atom. The van der Waals surface area contributed by atoms with Crippen LogP contribution in [0, 0.1) is 12.8 Å². The number of anilines is 1. The lowest BCUT2D eigenvalue weighted by Gasteiger charge is -2.08. The van der Waals surface area contributed by atoms with Crippen LogP contribution in [-0.2, 0) is 4.79 Å². The summed E-state index contributed by atoms with van der Waals surface area (Å²) < 4.78 is 1.43. The Kier molecular flexibility index (Phi) is 3.69. The van der Waals surface area contributed by atoms with Gasteiger partial charge in [-0.2, -0.15) is 9.50 Å². The van der Waals surface area contributed by atoms with Crippen molar-refractivity contribution in [1.82, 2.24) is 19.6 Å². The summed E-state index contributed by atoms with van der Waals surface area (Å²) in [6.07, 6.45) is 0. The van der Waals surface area contributed by atoms with Gasteiger partial charge < -0.3 is 5.32 Å². The van der Waals surface area contributed by atoms with Gasteiger partial charge in [-0.15, -0.1) is 5.10 Å². The van der Waals surface area contributed by atoms with E-state index in [1.165, 1.54) is 10.6 Å². The van der Waals surface area contributed by atoms with Crippen LogP contribution in [0.3, 0.4) is 0 Å². The highest BCUT2D eigenvalue weighted by molar-refractivity contribution is 5.91. The zero-order valence-corrected chi connectivity index (χ0v) is 13.1. The van der Waals surface area contributed by atoms with Gasteiger partial charge in [0.1, 0.15) is 5.82 Å². The number of aromatic nitrogens is 4. The lowest BCUT2D eigenvalue weighted by Crippen LogP contribution is -2.22. The molecule has 0 radical (unpaired) electrons. The van der Waals surface area contributed by atoms with E-state index in [4.69, 9.17) is 0 Å². The second-order valence-corrected chi connectivity index (χ2v) is 5.65. The third-order valence-corrected chi connectivity index (χ3v) is 3.50. The summed E-state index contributed by atoms with van der Waals surface area (Å²) in [6, 6.07) is 9.01. The lowest BCUT2D eigenvalue weighted by atomic mass is 10.1. The largest absolute Gasteiger partial charge is 0.310 e. The van der Waals surface area contributed by atoms with Crippen molar-refractivity contribution in [3.8, 4) is 11.4 Å². The van der Waals surface area contributed by atoms with Crippen molar-refractivity contribution in [2.24, 2.45) is 5.92 Å². The van der Waals surface area contributed by atoms with Gasteiger partial charge in [0.2, 0.25) is 11.7 Å². The van der Waals surface area contributed by atoms with Crippen LogP contribution in [0.4, 0.5) is 5.82 Å². The van der Waals surface area contributed by atoms with Crippen LogP contribution in [-0.4, -0.2) is 25.5 Å². The van der Waals surface area contributed by atoms with Crippen LogP contribution >= 0.6 is 0 Å². The molecule has 118 valence electrons. The summed E-state index contributed by atoms with van der Waals surface area (Å²) in [5, 5.41) is 7.12. The Labute approximate surface area is 132 Å². The Bertz CT molecular complexity index is 939. The van der Waals surface area contributed by atoms with E-state index < -0.39 is 0 Å². The number of hydrogen-bond acceptors (Lipinski definition) is 4. The maximum atomic E-state index is 11.9. The molecule has 1 aromatic carbocycles. The van der Waals surface area contributed by atoms with Crippen molar-refractivity contribution in [3.63, 3.8) is 0 Å². The third kappa shape index (κ3) is 2.85. The first-order valence-corrected chi connectivity index (χ1v) is 7.32. The van der Waals surface area contributed by atoms with E-state index in [2.05, 4.69) is 20.4 Å². The molecular formula is C16H17N5O2. The number of benzene rings is 1. The number of fused-ring (bicyclic) bond motifs is 1. The van der Waals surface area contributed by atoms with Crippen molar-refractivity contribution in [2.45, 2.75) is 20.8 Å². The second-order valence-electron chi connectivity index (χ2n) is 5.65. The molecule has 2 heterocycles. The van der Waals surface area contributed by atoms with Crippen LogP contribution < -0.4 is 10.9 Å². The van der Waals surface area contributed by atoms with Gasteiger partial charge in [0.15, 0.2) is 5.82 Å². The normalized spacial score (nSPS) is 11.1. The van der Waals surface area contributed by atoms with Crippen LogP contribution in [0.25, 0.3) is 17.2 Å². The van der Waals surface area contributed by atoms with E-state index in [1.807, 2.05) is 31.2 Å². The smallest absolute Gasteiger partial charge is 0.254 e. The number of H-pyrrole nitrogens is 1. The minimum Gasteiger partial charge on any atom is -0.310 e. The van der Waals surface area contributed by atoms with Gasteiger partial charge in [-0.05, 0) is 12.5 Å². The number of rotatable bonds is 3. The van der Waals surface area contributed by atoms with Gasteiger partial charge in [-0.25, -0.2) is 0 Å². The molecule has 0 spiro atoms. The van der Waals surface area contributed by atoms with Crippen LogP contribution in [0.1, 0.15) is 19.4 Å². The first kappa shape index (κ1) is 15.0. The highest BCUT2D eigenvalue weighted by Crippen LogP contribution is 2.20. The maximum absolute atomic E-state index is 11.9. The van der Waals surface area contributed by atoms with E-state index in [-0.39, 0.29) is 23.2 Å². The van der Waals surface area contributed by atoms with Gasteiger partial charge in [0, 0.05) is 17.5 Å². The molecule has 3 aromatic rings. The molecule has 0 unspecified atom stereocenters.